The molecule has 3 rings (SSSR count). The van der Waals surface area contributed by atoms with Crippen LogP contribution in [0.4, 0.5) is 0 Å². The van der Waals surface area contributed by atoms with Crippen LogP contribution in [0.25, 0.3) is 10.2 Å². The van der Waals surface area contributed by atoms with Gasteiger partial charge in [-0.15, -0.1) is 11.3 Å². The third kappa shape index (κ3) is 4.09. The van der Waals surface area contributed by atoms with E-state index in [0.717, 1.165) is 29.4 Å². The van der Waals surface area contributed by atoms with Gasteiger partial charge in [-0.3, -0.25) is 4.90 Å². The number of thiazole rings is 1. The van der Waals surface area contributed by atoms with Gasteiger partial charge < -0.3 is 4.74 Å². The molecule has 0 spiro atoms. The molecule has 0 radical (unpaired) electrons. The monoisotopic (exact) mass is 326 g/mol. The van der Waals surface area contributed by atoms with Crippen LogP contribution in [-0.4, -0.2) is 23.0 Å². The summed E-state index contributed by atoms with van der Waals surface area (Å²) in [6.45, 7) is 5.80. The van der Waals surface area contributed by atoms with Crippen molar-refractivity contribution in [2.45, 2.75) is 33.0 Å². The largest absolute Gasteiger partial charge is 0.491 e. The minimum absolute atomic E-state index is 0.186. The zero-order chi connectivity index (χ0) is 16.2. The fourth-order valence-corrected chi connectivity index (χ4v) is 3.62. The highest BCUT2D eigenvalue weighted by Crippen LogP contribution is 2.24. The van der Waals surface area contributed by atoms with Crippen LogP contribution in [-0.2, 0) is 13.1 Å². The van der Waals surface area contributed by atoms with Crippen LogP contribution in [0.2, 0.25) is 0 Å². The fraction of sp³-hybridized carbons (Fsp3) is 0.316. The van der Waals surface area contributed by atoms with Crippen molar-refractivity contribution < 1.29 is 4.74 Å². The average molecular weight is 326 g/mol. The third-order valence-electron chi connectivity index (χ3n) is 3.52. The maximum atomic E-state index is 5.90. The van der Waals surface area contributed by atoms with Gasteiger partial charge in [0.25, 0.3) is 0 Å². The van der Waals surface area contributed by atoms with Crippen LogP contribution in [0, 0.1) is 0 Å². The number of hydrogen-bond acceptors (Lipinski definition) is 4. The Kier molecular flexibility index (Phi) is 4.94. The topological polar surface area (TPSA) is 25.4 Å². The second-order valence-electron chi connectivity index (χ2n) is 6.02. The zero-order valence-electron chi connectivity index (χ0n) is 13.8. The Morgan fingerprint density at radius 2 is 1.78 bits per heavy atom. The van der Waals surface area contributed by atoms with Crippen molar-refractivity contribution in [3.05, 3.63) is 59.1 Å². The Bertz CT molecular complexity index is 749. The molecule has 0 fully saturated rings. The molecule has 23 heavy (non-hydrogen) atoms. The maximum absolute atomic E-state index is 5.90. The molecule has 0 aliphatic heterocycles. The van der Waals surface area contributed by atoms with E-state index in [1.807, 2.05) is 18.2 Å². The molecule has 0 saturated heterocycles. The van der Waals surface area contributed by atoms with E-state index in [-0.39, 0.29) is 6.10 Å². The van der Waals surface area contributed by atoms with E-state index in [9.17, 15) is 0 Å². The number of hydrogen-bond donors (Lipinski definition) is 0. The lowest BCUT2D eigenvalue weighted by molar-refractivity contribution is 0.233. The normalized spacial score (nSPS) is 11.5. The van der Waals surface area contributed by atoms with Crippen LogP contribution in [0.1, 0.15) is 24.4 Å². The quantitative estimate of drug-likeness (QED) is 0.655. The van der Waals surface area contributed by atoms with Gasteiger partial charge in [0.05, 0.1) is 22.9 Å². The van der Waals surface area contributed by atoms with Gasteiger partial charge in [-0.1, -0.05) is 30.3 Å². The van der Waals surface area contributed by atoms with Gasteiger partial charge >= 0.3 is 0 Å². The summed E-state index contributed by atoms with van der Waals surface area (Å²) in [5.74, 6) is 0.971. The summed E-state index contributed by atoms with van der Waals surface area (Å²) in [4.78, 5) is 6.99. The first-order valence-corrected chi connectivity index (χ1v) is 8.71. The summed E-state index contributed by atoms with van der Waals surface area (Å²) < 4.78 is 7.15. The van der Waals surface area contributed by atoms with Gasteiger partial charge in [0.15, 0.2) is 0 Å². The number of fused-ring (bicyclic) bond motifs is 1. The third-order valence-corrected chi connectivity index (χ3v) is 4.54. The number of ether oxygens (including phenoxy) is 1. The Morgan fingerprint density at radius 3 is 2.57 bits per heavy atom. The van der Waals surface area contributed by atoms with E-state index in [4.69, 9.17) is 9.72 Å². The summed E-state index contributed by atoms with van der Waals surface area (Å²) in [7, 11) is 2.12. The van der Waals surface area contributed by atoms with Gasteiger partial charge in [-0.2, -0.15) is 0 Å². The molecule has 0 bridgehead atoms. The average Bonchev–Trinajstić information content (AvgIpc) is 2.90. The first-order valence-electron chi connectivity index (χ1n) is 7.89. The van der Waals surface area contributed by atoms with Crippen LogP contribution >= 0.6 is 11.3 Å². The summed E-state index contributed by atoms with van der Waals surface area (Å²) in [5.41, 5.74) is 2.30. The number of rotatable bonds is 6. The van der Waals surface area contributed by atoms with Crippen molar-refractivity contribution in [1.29, 1.82) is 0 Å². The van der Waals surface area contributed by atoms with Crippen molar-refractivity contribution in [3.8, 4) is 5.75 Å². The van der Waals surface area contributed by atoms with Crippen molar-refractivity contribution in [1.82, 2.24) is 9.88 Å². The highest BCUT2D eigenvalue weighted by molar-refractivity contribution is 7.18. The van der Waals surface area contributed by atoms with Gasteiger partial charge in [0, 0.05) is 12.1 Å². The van der Waals surface area contributed by atoms with Crippen molar-refractivity contribution in [3.63, 3.8) is 0 Å². The molecule has 2 aromatic carbocycles. The van der Waals surface area contributed by atoms with Crippen molar-refractivity contribution >= 4 is 21.6 Å². The van der Waals surface area contributed by atoms with Gasteiger partial charge in [0.1, 0.15) is 10.8 Å². The molecule has 0 atom stereocenters. The van der Waals surface area contributed by atoms with Crippen molar-refractivity contribution in [2.24, 2.45) is 0 Å². The van der Waals surface area contributed by atoms with E-state index >= 15 is 0 Å². The molecule has 0 unspecified atom stereocenters. The summed E-state index contributed by atoms with van der Waals surface area (Å²) in [5, 5.41) is 1.15. The lowest BCUT2D eigenvalue weighted by Gasteiger charge is -2.19. The maximum Gasteiger partial charge on any atom is 0.124 e. The fourth-order valence-electron chi connectivity index (χ4n) is 2.57. The van der Waals surface area contributed by atoms with E-state index in [0.29, 0.717) is 0 Å². The molecule has 0 N–H and O–H groups in total. The van der Waals surface area contributed by atoms with E-state index < -0.39 is 0 Å². The Morgan fingerprint density at radius 1 is 1.04 bits per heavy atom. The second-order valence-corrected chi connectivity index (χ2v) is 7.14. The minimum Gasteiger partial charge on any atom is -0.491 e. The highest BCUT2D eigenvalue weighted by Gasteiger charge is 2.10. The molecule has 0 aliphatic carbocycles. The van der Waals surface area contributed by atoms with Gasteiger partial charge in [-0.25, -0.2) is 4.98 Å². The van der Waals surface area contributed by atoms with Gasteiger partial charge in [0.2, 0.25) is 0 Å². The van der Waals surface area contributed by atoms with Crippen LogP contribution in [0.3, 0.4) is 0 Å². The van der Waals surface area contributed by atoms with Crippen LogP contribution in [0.15, 0.2) is 48.5 Å². The highest BCUT2D eigenvalue weighted by atomic mass is 32.1. The molecular formula is C19H22N2OS. The molecular weight excluding hydrogens is 304 g/mol. The van der Waals surface area contributed by atoms with E-state index in [2.05, 4.69) is 56.1 Å². The van der Waals surface area contributed by atoms with Crippen molar-refractivity contribution in [2.75, 3.05) is 7.05 Å². The standard InChI is InChI=1S/C19H22N2OS/c1-14(2)22-17-10-6-4-8-15(17)12-21(3)13-19-20-16-9-5-7-11-18(16)23-19/h4-11,14H,12-13H2,1-3H3. The first-order chi connectivity index (χ1) is 11.1. The lowest BCUT2D eigenvalue weighted by atomic mass is 10.2. The molecule has 0 aliphatic rings. The molecule has 3 nitrogen and oxygen atoms in total. The Hall–Kier alpha value is -1.91. The Balaban J connectivity index is 1.70. The Labute approximate surface area is 141 Å². The van der Waals surface area contributed by atoms with Gasteiger partial charge in [-0.05, 0) is 39.1 Å². The van der Waals surface area contributed by atoms with Crippen LogP contribution < -0.4 is 4.74 Å². The number of benzene rings is 2. The smallest absolute Gasteiger partial charge is 0.124 e. The molecule has 0 amide bonds. The molecule has 120 valence electrons. The summed E-state index contributed by atoms with van der Waals surface area (Å²) in [6.07, 6.45) is 0.186. The summed E-state index contributed by atoms with van der Waals surface area (Å²) in [6, 6.07) is 16.6. The minimum atomic E-state index is 0.186. The molecule has 1 aromatic heterocycles. The van der Waals surface area contributed by atoms with E-state index in [1.165, 1.54) is 10.3 Å². The SMILES string of the molecule is CC(C)Oc1ccccc1CN(C)Cc1nc2ccccc2s1. The molecule has 3 aromatic rings. The molecule has 1 heterocycles. The van der Waals surface area contributed by atoms with Crippen LogP contribution in [0.5, 0.6) is 5.75 Å². The first kappa shape index (κ1) is 16.0. The van der Waals surface area contributed by atoms with E-state index in [1.54, 1.807) is 11.3 Å². The number of para-hydroxylation sites is 2. The predicted molar refractivity (Wildman–Crippen MR) is 97.0 cm³/mol. The summed E-state index contributed by atoms with van der Waals surface area (Å²) >= 11 is 1.77. The molecule has 0 saturated carbocycles. The second kappa shape index (κ2) is 7.11. The number of nitrogens with zero attached hydrogens (tertiary/aromatic N) is 2. The predicted octanol–water partition coefficient (Wildman–Crippen LogP) is 4.72. The lowest BCUT2D eigenvalue weighted by Crippen LogP contribution is -2.18. The number of aromatic nitrogens is 1. The molecule has 4 heteroatoms. The zero-order valence-corrected chi connectivity index (χ0v) is 14.6.